The van der Waals surface area contributed by atoms with Crippen LogP contribution in [0.2, 0.25) is 0 Å². The summed E-state index contributed by atoms with van der Waals surface area (Å²) in [7, 11) is 1.69. The van der Waals surface area contributed by atoms with E-state index in [0.29, 0.717) is 13.2 Å². The molecule has 3 nitrogen and oxygen atoms in total. The van der Waals surface area contributed by atoms with Gasteiger partial charge in [-0.15, -0.1) is 0 Å². The van der Waals surface area contributed by atoms with E-state index in [4.69, 9.17) is 15.2 Å². The largest absolute Gasteiger partial charge is 0.379 e. The highest BCUT2D eigenvalue weighted by atomic mass is 16.5. The first-order valence-electron chi connectivity index (χ1n) is 10.2. The number of rotatable bonds is 19. The smallest absolute Gasteiger partial charge is 0.0926 e. The van der Waals surface area contributed by atoms with Gasteiger partial charge in [-0.05, 0) is 6.42 Å². The van der Waals surface area contributed by atoms with E-state index in [1.54, 1.807) is 7.11 Å². The van der Waals surface area contributed by atoms with Gasteiger partial charge in [0.05, 0.1) is 12.7 Å². The van der Waals surface area contributed by atoms with E-state index in [0.717, 1.165) is 6.61 Å². The zero-order valence-electron chi connectivity index (χ0n) is 16.0. The monoisotopic (exact) mass is 329 g/mol. The lowest BCUT2D eigenvalue weighted by molar-refractivity contribution is 0.0124. The maximum Gasteiger partial charge on any atom is 0.0926 e. The molecule has 140 valence electrons. The van der Waals surface area contributed by atoms with Crippen LogP contribution < -0.4 is 5.73 Å². The number of unbranched alkanes of at least 4 members (excludes halogenated alkanes) is 13. The van der Waals surface area contributed by atoms with Crippen molar-refractivity contribution >= 4 is 0 Å². The SMILES string of the molecule is CCCCCCCCCCCCCCCCOCC(CN)OC. The molecule has 0 aromatic carbocycles. The van der Waals surface area contributed by atoms with Crippen molar-refractivity contribution in [2.45, 2.75) is 103 Å². The van der Waals surface area contributed by atoms with Crippen LogP contribution in [0.25, 0.3) is 0 Å². The molecule has 1 atom stereocenters. The number of ether oxygens (including phenoxy) is 2. The Bertz CT molecular complexity index is 208. The van der Waals surface area contributed by atoms with Gasteiger partial charge >= 0.3 is 0 Å². The van der Waals surface area contributed by atoms with Crippen LogP contribution in [0.3, 0.4) is 0 Å². The molecule has 0 radical (unpaired) electrons. The van der Waals surface area contributed by atoms with Gasteiger partial charge in [-0.25, -0.2) is 0 Å². The summed E-state index contributed by atoms with van der Waals surface area (Å²) in [6.07, 6.45) is 19.6. The summed E-state index contributed by atoms with van der Waals surface area (Å²) < 4.78 is 10.8. The fourth-order valence-electron chi connectivity index (χ4n) is 2.85. The second kappa shape index (κ2) is 19.9. The number of nitrogens with two attached hydrogens (primary N) is 1. The minimum Gasteiger partial charge on any atom is -0.379 e. The quantitative estimate of drug-likeness (QED) is 0.320. The third-order valence-corrected chi connectivity index (χ3v) is 4.54. The van der Waals surface area contributed by atoms with Crippen LogP contribution in [0.4, 0.5) is 0 Å². The molecule has 1 unspecified atom stereocenters. The Hall–Kier alpha value is -0.120. The summed E-state index contributed by atoms with van der Waals surface area (Å²) in [5, 5.41) is 0. The first kappa shape index (κ1) is 22.9. The predicted molar refractivity (Wildman–Crippen MR) is 101 cm³/mol. The predicted octanol–water partition coefficient (Wildman–Crippen LogP) is 5.46. The molecule has 0 rings (SSSR count). The molecule has 0 aromatic rings. The molecule has 0 aliphatic heterocycles. The van der Waals surface area contributed by atoms with Crippen LogP contribution in [0.5, 0.6) is 0 Å². The van der Waals surface area contributed by atoms with Crippen molar-refractivity contribution < 1.29 is 9.47 Å². The van der Waals surface area contributed by atoms with Crippen molar-refractivity contribution in [3.8, 4) is 0 Å². The van der Waals surface area contributed by atoms with Crippen molar-refractivity contribution in [2.75, 3.05) is 26.9 Å². The van der Waals surface area contributed by atoms with E-state index >= 15 is 0 Å². The third-order valence-electron chi connectivity index (χ3n) is 4.54. The molecular formula is C20H43NO2. The maximum absolute atomic E-state index is 5.58. The van der Waals surface area contributed by atoms with Gasteiger partial charge < -0.3 is 15.2 Å². The standard InChI is InChI=1S/C20H43NO2/c1-3-4-5-6-7-8-9-10-11-12-13-14-15-16-17-23-19-20(18-21)22-2/h20H,3-19,21H2,1-2H3. The van der Waals surface area contributed by atoms with E-state index in [1.807, 2.05) is 0 Å². The van der Waals surface area contributed by atoms with E-state index in [1.165, 1.54) is 89.9 Å². The fraction of sp³-hybridized carbons (Fsp3) is 1.00. The summed E-state index contributed by atoms with van der Waals surface area (Å²) in [6.45, 7) is 4.30. The molecule has 0 spiro atoms. The summed E-state index contributed by atoms with van der Waals surface area (Å²) in [5.74, 6) is 0. The molecule has 2 N–H and O–H groups in total. The minimum atomic E-state index is 0.0571. The highest BCUT2D eigenvalue weighted by Crippen LogP contribution is 2.12. The summed E-state index contributed by atoms with van der Waals surface area (Å²) in [6, 6.07) is 0. The zero-order valence-corrected chi connectivity index (χ0v) is 16.0. The summed E-state index contributed by atoms with van der Waals surface area (Å²) >= 11 is 0. The van der Waals surface area contributed by atoms with Gasteiger partial charge in [0.1, 0.15) is 0 Å². The lowest BCUT2D eigenvalue weighted by atomic mass is 10.0. The fourth-order valence-corrected chi connectivity index (χ4v) is 2.85. The summed E-state index contributed by atoms with van der Waals surface area (Å²) in [5.41, 5.74) is 5.54. The van der Waals surface area contributed by atoms with E-state index < -0.39 is 0 Å². The second-order valence-corrected chi connectivity index (χ2v) is 6.76. The van der Waals surface area contributed by atoms with Crippen LogP contribution >= 0.6 is 0 Å². The average molecular weight is 330 g/mol. The van der Waals surface area contributed by atoms with Gasteiger partial charge in [0.15, 0.2) is 0 Å². The second-order valence-electron chi connectivity index (χ2n) is 6.76. The zero-order chi connectivity index (χ0) is 17.0. The first-order chi connectivity index (χ1) is 11.3. The molecule has 0 fully saturated rings. The minimum absolute atomic E-state index is 0.0571. The van der Waals surface area contributed by atoms with Gasteiger partial charge in [-0.2, -0.15) is 0 Å². The van der Waals surface area contributed by atoms with Gasteiger partial charge in [0.2, 0.25) is 0 Å². The van der Waals surface area contributed by atoms with Gasteiger partial charge in [-0.3, -0.25) is 0 Å². The Kier molecular flexibility index (Phi) is 19.8. The molecule has 0 aliphatic carbocycles. The van der Waals surface area contributed by atoms with Crippen molar-refractivity contribution in [3.05, 3.63) is 0 Å². The molecule has 0 aliphatic rings. The normalized spacial score (nSPS) is 12.7. The van der Waals surface area contributed by atoms with Crippen LogP contribution in [-0.4, -0.2) is 33.0 Å². The van der Waals surface area contributed by atoms with Crippen LogP contribution in [0.15, 0.2) is 0 Å². The molecule has 0 saturated carbocycles. The molecule has 0 amide bonds. The van der Waals surface area contributed by atoms with E-state index in [9.17, 15) is 0 Å². The van der Waals surface area contributed by atoms with E-state index in [2.05, 4.69) is 6.92 Å². The highest BCUT2D eigenvalue weighted by Gasteiger charge is 2.03. The number of methoxy groups -OCH3 is 1. The van der Waals surface area contributed by atoms with Gasteiger partial charge in [0, 0.05) is 20.3 Å². The maximum atomic E-state index is 5.58. The Morgan fingerprint density at radius 1 is 0.696 bits per heavy atom. The Labute approximate surface area is 145 Å². The molecule has 0 aromatic heterocycles. The molecule has 0 bridgehead atoms. The molecule has 0 saturated heterocycles. The van der Waals surface area contributed by atoms with Crippen molar-refractivity contribution in [2.24, 2.45) is 5.73 Å². The topological polar surface area (TPSA) is 44.5 Å². The Morgan fingerprint density at radius 3 is 1.52 bits per heavy atom. The third kappa shape index (κ3) is 18.1. The lowest BCUT2D eigenvalue weighted by Gasteiger charge is -2.12. The molecule has 23 heavy (non-hydrogen) atoms. The molecule has 0 heterocycles. The Morgan fingerprint density at radius 2 is 1.13 bits per heavy atom. The highest BCUT2D eigenvalue weighted by molar-refractivity contribution is 4.55. The molecular weight excluding hydrogens is 286 g/mol. The van der Waals surface area contributed by atoms with Crippen molar-refractivity contribution in [3.63, 3.8) is 0 Å². The van der Waals surface area contributed by atoms with Crippen LogP contribution in [0.1, 0.15) is 96.8 Å². The van der Waals surface area contributed by atoms with Gasteiger partial charge in [0.25, 0.3) is 0 Å². The van der Waals surface area contributed by atoms with Crippen LogP contribution in [0, 0.1) is 0 Å². The average Bonchev–Trinajstić information content (AvgIpc) is 2.58. The Balaban J connectivity index is 3.02. The van der Waals surface area contributed by atoms with E-state index in [-0.39, 0.29) is 6.10 Å². The number of hydrogen-bond donors (Lipinski definition) is 1. The first-order valence-corrected chi connectivity index (χ1v) is 10.2. The van der Waals surface area contributed by atoms with Crippen molar-refractivity contribution in [1.82, 2.24) is 0 Å². The van der Waals surface area contributed by atoms with Crippen LogP contribution in [-0.2, 0) is 9.47 Å². The summed E-state index contributed by atoms with van der Waals surface area (Å²) in [4.78, 5) is 0. The van der Waals surface area contributed by atoms with Crippen molar-refractivity contribution in [1.29, 1.82) is 0 Å². The molecule has 3 heteroatoms. The lowest BCUT2D eigenvalue weighted by Crippen LogP contribution is -2.27. The number of hydrogen-bond acceptors (Lipinski definition) is 3. The van der Waals surface area contributed by atoms with Gasteiger partial charge in [-0.1, -0.05) is 90.4 Å².